The van der Waals surface area contributed by atoms with Crippen LogP contribution in [-0.2, 0) is 12.8 Å². The third kappa shape index (κ3) is 1.54. The maximum atomic E-state index is 12.3. The molecule has 0 spiro atoms. The van der Waals surface area contributed by atoms with Crippen LogP contribution in [0.4, 0.5) is 5.69 Å². The number of H-pyrrole nitrogens is 1. The highest BCUT2D eigenvalue weighted by Crippen LogP contribution is 2.28. The minimum Gasteiger partial charge on any atom is -0.459 e. The van der Waals surface area contributed by atoms with Crippen LogP contribution in [0.3, 0.4) is 0 Å². The van der Waals surface area contributed by atoms with Crippen LogP contribution in [0.1, 0.15) is 28.1 Å². The summed E-state index contributed by atoms with van der Waals surface area (Å²) in [7, 11) is 1.72. The normalized spacial score (nSPS) is 13.7. The van der Waals surface area contributed by atoms with Gasteiger partial charge in [0.05, 0.1) is 18.1 Å². The third-order valence-electron chi connectivity index (χ3n) is 3.22. The molecule has 2 aromatic rings. The van der Waals surface area contributed by atoms with E-state index in [1.165, 1.54) is 5.56 Å². The van der Waals surface area contributed by atoms with E-state index in [1.54, 1.807) is 30.6 Å². The molecule has 0 unspecified atom stereocenters. The maximum Gasteiger partial charge on any atom is 0.294 e. The zero-order chi connectivity index (χ0) is 11.8. The van der Waals surface area contributed by atoms with Crippen molar-refractivity contribution >= 4 is 11.6 Å². The molecule has 0 atom stereocenters. The predicted octanol–water partition coefficient (Wildman–Crippen LogP) is 1.77. The van der Waals surface area contributed by atoms with Gasteiger partial charge in [0, 0.05) is 18.8 Å². The quantitative estimate of drug-likeness (QED) is 0.856. The molecule has 0 radical (unpaired) electrons. The molecule has 2 heterocycles. The standard InChI is InChI=1S/C12H13N3O2/c1-15(9-5-13-14-6-9)12(16)11-10-4-2-3-8(10)7-17-11/h5-7H,2-4H2,1H3,(H,13,14). The van der Waals surface area contributed by atoms with Gasteiger partial charge in [-0.15, -0.1) is 0 Å². The molecule has 0 aromatic carbocycles. The molecular weight excluding hydrogens is 218 g/mol. The van der Waals surface area contributed by atoms with Gasteiger partial charge in [0.1, 0.15) is 0 Å². The summed E-state index contributed by atoms with van der Waals surface area (Å²) in [5.41, 5.74) is 2.98. The summed E-state index contributed by atoms with van der Waals surface area (Å²) in [6.45, 7) is 0. The van der Waals surface area contributed by atoms with Crippen LogP contribution in [0, 0.1) is 0 Å². The van der Waals surface area contributed by atoms with Gasteiger partial charge in [0.2, 0.25) is 0 Å². The van der Waals surface area contributed by atoms with E-state index in [0.29, 0.717) is 5.76 Å². The summed E-state index contributed by atoms with van der Waals surface area (Å²) in [4.78, 5) is 13.8. The number of rotatable bonds is 2. The van der Waals surface area contributed by atoms with Crippen molar-refractivity contribution in [3.05, 3.63) is 35.5 Å². The van der Waals surface area contributed by atoms with E-state index >= 15 is 0 Å². The van der Waals surface area contributed by atoms with Crippen LogP contribution < -0.4 is 4.90 Å². The molecule has 1 aliphatic carbocycles. The largest absolute Gasteiger partial charge is 0.459 e. The van der Waals surface area contributed by atoms with Gasteiger partial charge in [-0.2, -0.15) is 5.10 Å². The average molecular weight is 231 g/mol. The number of furan rings is 1. The Morgan fingerprint density at radius 3 is 3.18 bits per heavy atom. The van der Waals surface area contributed by atoms with Crippen molar-refractivity contribution in [1.29, 1.82) is 0 Å². The van der Waals surface area contributed by atoms with Crippen molar-refractivity contribution < 1.29 is 9.21 Å². The number of amides is 1. The molecule has 0 bridgehead atoms. The highest BCUT2D eigenvalue weighted by molar-refractivity contribution is 6.04. The fourth-order valence-electron chi connectivity index (χ4n) is 2.23. The number of hydrogen-bond donors (Lipinski definition) is 1. The van der Waals surface area contributed by atoms with Gasteiger partial charge in [-0.1, -0.05) is 0 Å². The molecule has 0 fully saturated rings. The van der Waals surface area contributed by atoms with Crippen molar-refractivity contribution in [2.75, 3.05) is 11.9 Å². The summed E-state index contributed by atoms with van der Waals surface area (Å²) >= 11 is 0. The lowest BCUT2D eigenvalue weighted by atomic mass is 10.2. The number of carbonyl (C=O) groups is 1. The highest BCUT2D eigenvalue weighted by Gasteiger charge is 2.26. The Kier molecular flexibility index (Phi) is 2.24. The third-order valence-corrected chi connectivity index (χ3v) is 3.22. The fourth-order valence-corrected chi connectivity index (χ4v) is 2.23. The highest BCUT2D eigenvalue weighted by atomic mass is 16.3. The Morgan fingerprint density at radius 1 is 1.53 bits per heavy atom. The van der Waals surface area contributed by atoms with Crippen LogP contribution in [0.15, 0.2) is 23.1 Å². The minimum atomic E-state index is -0.116. The van der Waals surface area contributed by atoms with E-state index in [-0.39, 0.29) is 5.91 Å². The van der Waals surface area contributed by atoms with E-state index < -0.39 is 0 Å². The first-order valence-electron chi connectivity index (χ1n) is 5.63. The molecule has 88 valence electrons. The van der Waals surface area contributed by atoms with E-state index in [4.69, 9.17) is 4.42 Å². The molecule has 0 saturated heterocycles. The Bertz CT molecular complexity index is 542. The second-order valence-corrected chi connectivity index (χ2v) is 4.24. The van der Waals surface area contributed by atoms with Crippen molar-refractivity contribution in [3.63, 3.8) is 0 Å². The molecule has 3 rings (SSSR count). The lowest BCUT2D eigenvalue weighted by Crippen LogP contribution is -2.26. The van der Waals surface area contributed by atoms with Crippen molar-refractivity contribution in [1.82, 2.24) is 10.2 Å². The number of anilines is 1. The van der Waals surface area contributed by atoms with Crippen LogP contribution >= 0.6 is 0 Å². The zero-order valence-electron chi connectivity index (χ0n) is 9.56. The fraction of sp³-hybridized carbons (Fsp3) is 0.333. The van der Waals surface area contributed by atoms with E-state index in [0.717, 1.165) is 30.5 Å². The van der Waals surface area contributed by atoms with Gasteiger partial charge in [-0.05, 0) is 24.8 Å². The summed E-state index contributed by atoms with van der Waals surface area (Å²) in [6, 6.07) is 0. The SMILES string of the molecule is CN(C(=O)c1occ2c1CCC2)c1cn[nH]c1. The van der Waals surface area contributed by atoms with Crippen molar-refractivity contribution in [2.45, 2.75) is 19.3 Å². The zero-order valence-corrected chi connectivity index (χ0v) is 9.56. The molecular formula is C12H13N3O2. The number of aryl methyl sites for hydroxylation is 1. The van der Waals surface area contributed by atoms with E-state index in [2.05, 4.69) is 10.2 Å². The number of hydrogen-bond acceptors (Lipinski definition) is 3. The van der Waals surface area contributed by atoms with Gasteiger partial charge in [-0.25, -0.2) is 0 Å². The first-order valence-corrected chi connectivity index (χ1v) is 5.63. The number of carbonyl (C=O) groups excluding carboxylic acids is 1. The summed E-state index contributed by atoms with van der Waals surface area (Å²) < 4.78 is 5.40. The van der Waals surface area contributed by atoms with Crippen LogP contribution in [0.2, 0.25) is 0 Å². The van der Waals surface area contributed by atoms with Gasteiger partial charge < -0.3 is 9.32 Å². The molecule has 2 aromatic heterocycles. The number of nitrogens with one attached hydrogen (secondary N) is 1. The van der Waals surface area contributed by atoms with Gasteiger partial charge >= 0.3 is 0 Å². The molecule has 0 aliphatic heterocycles. The number of aromatic nitrogens is 2. The molecule has 5 heteroatoms. The lowest BCUT2D eigenvalue weighted by Gasteiger charge is -2.13. The topological polar surface area (TPSA) is 62.1 Å². The van der Waals surface area contributed by atoms with E-state index in [9.17, 15) is 4.79 Å². The Morgan fingerprint density at radius 2 is 2.41 bits per heavy atom. The lowest BCUT2D eigenvalue weighted by molar-refractivity contribution is 0.0965. The average Bonchev–Trinajstić information content (AvgIpc) is 3.03. The predicted molar refractivity (Wildman–Crippen MR) is 62.1 cm³/mol. The first-order chi connectivity index (χ1) is 8.27. The summed E-state index contributed by atoms with van der Waals surface area (Å²) in [5, 5.41) is 6.52. The maximum absolute atomic E-state index is 12.3. The second-order valence-electron chi connectivity index (χ2n) is 4.24. The first kappa shape index (κ1) is 10.1. The second kappa shape index (κ2) is 3.76. The van der Waals surface area contributed by atoms with Crippen LogP contribution in [-0.4, -0.2) is 23.2 Å². The number of nitrogens with zero attached hydrogens (tertiary/aromatic N) is 2. The summed E-state index contributed by atoms with van der Waals surface area (Å²) in [6.07, 6.45) is 8.06. The van der Waals surface area contributed by atoms with E-state index in [1.807, 2.05) is 0 Å². The molecule has 1 amide bonds. The molecule has 5 nitrogen and oxygen atoms in total. The molecule has 1 N–H and O–H groups in total. The Labute approximate surface area is 98.4 Å². The van der Waals surface area contributed by atoms with Crippen LogP contribution in [0.5, 0.6) is 0 Å². The summed E-state index contributed by atoms with van der Waals surface area (Å²) in [5.74, 6) is 0.357. The number of fused-ring (bicyclic) bond motifs is 1. The van der Waals surface area contributed by atoms with Crippen LogP contribution in [0.25, 0.3) is 0 Å². The monoisotopic (exact) mass is 231 g/mol. The Balaban J connectivity index is 1.91. The van der Waals surface area contributed by atoms with Crippen molar-refractivity contribution in [3.8, 4) is 0 Å². The Hall–Kier alpha value is -2.04. The number of aromatic amines is 1. The molecule has 0 saturated carbocycles. The molecule has 17 heavy (non-hydrogen) atoms. The molecule has 1 aliphatic rings. The minimum absolute atomic E-state index is 0.116. The smallest absolute Gasteiger partial charge is 0.294 e. The van der Waals surface area contributed by atoms with Gasteiger partial charge in [0.25, 0.3) is 5.91 Å². The van der Waals surface area contributed by atoms with Crippen molar-refractivity contribution in [2.24, 2.45) is 0 Å². The van der Waals surface area contributed by atoms with Gasteiger partial charge in [0.15, 0.2) is 5.76 Å². The van der Waals surface area contributed by atoms with Gasteiger partial charge in [-0.3, -0.25) is 9.89 Å².